The smallest absolute Gasteiger partial charge is 0.251 e. The van der Waals surface area contributed by atoms with Crippen LogP contribution in [-0.2, 0) is 16.6 Å². The van der Waals surface area contributed by atoms with Gasteiger partial charge in [-0.05, 0) is 75.0 Å². The van der Waals surface area contributed by atoms with Crippen molar-refractivity contribution in [3.8, 4) is 0 Å². The van der Waals surface area contributed by atoms with E-state index < -0.39 is 10.0 Å². The molecule has 2 N–H and O–H groups in total. The molecule has 0 aliphatic carbocycles. The number of piperidine rings is 1. The second-order valence-electron chi connectivity index (χ2n) is 7.19. The maximum absolute atomic E-state index is 12.6. The van der Waals surface area contributed by atoms with Crippen LogP contribution >= 0.6 is 11.3 Å². The molecule has 28 heavy (non-hydrogen) atoms. The van der Waals surface area contributed by atoms with Crippen molar-refractivity contribution in [2.24, 2.45) is 5.92 Å². The minimum Gasteiger partial charge on any atom is -0.352 e. The number of benzene rings is 1. The molecule has 1 aromatic heterocycles. The first-order chi connectivity index (χ1) is 13.4. The summed E-state index contributed by atoms with van der Waals surface area (Å²) >= 11 is 1.79. The molecule has 1 aromatic carbocycles. The van der Waals surface area contributed by atoms with Gasteiger partial charge in [0.1, 0.15) is 0 Å². The summed E-state index contributed by atoms with van der Waals surface area (Å²) in [5, 5.41) is 5.10. The zero-order chi connectivity index (χ0) is 20.1. The number of hydrogen-bond acceptors (Lipinski definition) is 5. The Balaban J connectivity index is 1.53. The maximum Gasteiger partial charge on any atom is 0.251 e. The third kappa shape index (κ3) is 5.20. The Bertz CT molecular complexity index is 903. The van der Waals surface area contributed by atoms with Gasteiger partial charge in [-0.15, -0.1) is 11.3 Å². The number of nitrogens with zero attached hydrogens (tertiary/aromatic N) is 1. The molecule has 0 saturated carbocycles. The van der Waals surface area contributed by atoms with Crippen LogP contribution in [0.2, 0.25) is 0 Å². The highest BCUT2D eigenvalue weighted by molar-refractivity contribution is 7.89. The highest BCUT2D eigenvalue weighted by Gasteiger charge is 2.21. The van der Waals surface area contributed by atoms with Gasteiger partial charge in [-0.2, -0.15) is 0 Å². The minimum atomic E-state index is -3.57. The predicted octanol–water partition coefficient (Wildman–Crippen LogP) is 2.61. The van der Waals surface area contributed by atoms with Crippen LogP contribution in [0.5, 0.6) is 0 Å². The Morgan fingerprint density at radius 1 is 1.25 bits per heavy atom. The van der Waals surface area contributed by atoms with Crippen LogP contribution in [0, 0.1) is 12.8 Å². The molecule has 0 radical (unpaired) electrons. The monoisotopic (exact) mass is 421 g/mol. The second kappa shape index (κ2) is 9.17. The van der Waals surface area contributed by atoms with Gasteiger partial charge in [-0.25, -0.2) is 13.1 Å². The number of likely N-dealkylation sites (tertiary alicyclic amines) is 1. The van der Waals surface area contributed by atoms with Crippen molar-refractivity contribution in [1.29, 1.82) is 0 Å². The number of amides is 1. The zero-order valence-corrected chi connectivity index (χ0v) is 17.9. The summed E-state index contributed by atoms with van der Waals surface area (Å²) < 4.78 is 26.3. The molecule has 1 aliphatic heterocycles. The molecular weight excluding hydrogens is 394 g/mol. The molecule has 1 aliphatic rings. The van der Waals surface area contributed by atoms with Gasteiger partial charge in [0.15, 0.2) is 0 Å². The molecule has 0 bridgehead atoms. The molecule has 6 nitrogen and oxygen atoms in total. The molecule has 1 fully saturated rings. The van der Waals surface area contributed by atoms with Crippen LogP contribution in [0.25, 0.3) is 0 Å². The summed E-state index contributed by atoms with van der Waals surface area (Å²) in [4.78, 5) is 16.6. The minimum absolute atomic E-state index is 0.104. The number of carbonyl (C=O) groups is 1. The van der Waals surface area contributed by atoms with Crippen LogP contribution in [-0.4, -0.2) is 45.9 Å². The van der Waals surface area contributed by atoms with Gasteiger partial charge in [0.25, 0.3) is 5.91 Å². The Kier molecular flexibility index (Phi) is 6.87. The van der Waals surface area contributed by atoms with Crippen molar-refractivity contribution < 1.29 is 13.2 Å². The van der Waals surface area contributed by atoms with Crippen molar-refractivity contribution in [3.05, 3.63) is 51.7 Å². The summed E-state index contributed by atoms with van der Waals surface area (Å²) in [5.74, 6) is 0.236. The van der Waals surface area contributed by atoms with Crippen molar-refractivity contribution >= 4 is 27.3 Å². The molecule has 3 rings (SSSR count). The molecule has 0 spiro atoms. The van der Waals surface area contributed by atoms with E-state index in [1.807, 2.05) is 6.92 Å². The van der Waals surface area contributed by atoms with E-state index in [-0.39, 0.29) is 10.8 Å². The lowest BCUT2D eigenvalue weighted by molar-refractivity contribution is 0.0934. The van der Waals surface area contributed by atoms with Gasteiger partial charge in [-0.3, -0.25) is 9.69 Å². The zero-order valence-electron chi connectivity index (χ0n) is 16.3. The standard InChI is InChI=1S/C20H27N3O3S2/c1-15-5-6-18(28(25,26)21-2)12-19(15)20(24)22-13-16-7-9-23(10-8-16)14-17-4-3-11-27-17/h3-6,11-12,16,21H,7-10,13-14H2,1-2H3,(H,22,24). The number of sulfonamides is 1. The number of rotatable bonds is 7. The van der Waals surface area contributed by atoms with E-state index >= 15 is 0 Å². The number of carbonyl (C=O) groups excluding carboxylic acids is 1. The first-order valence-corrected chi connectivity index (χ1v) is 11.8. The van der Waals surface area contributed by atoms with Crippen LogP contribution in [0.1, 0.15) is 33.6 Å². The summed E-state index contributed by atoms with van der Waals surface area (Å²) in [5.41, 5.74) is 1.17. The van der Waals surface area contributed by atoms with E-state index in [1.165, 1.54) is 24.1 Å². The predicted molar refractivity (Wildman–Crippen MR) is 112 cm³/mol. The topological polar surface area (TPSA) is 78.5 Å². The van der Waals surface area contributed by atoms with Crippen molar-refractivity contribution in [2.75, 3.05) is 26.7 Å². The average Bonchev–Trinajstić information content (AvgIpc) is 3.20. The molecule has 0 unspecified atom stereocenters. The number of nitrogens with one attached hydrogen (secondary N) is 2. The third-order valence-corrected chi connectivity index (χ3v) is 7.52. The van der Waals surface area contributed by atoms with Gasteiger partial charge < -0.3 is 5.32 Å². The number of aryl methyl sites for hydroxylation is 1. The van der Waals surface area contributed by atoms with Crippen LogP contribution in [0.15, 0.2) is 40.6 Å². The fraction of sp³-hybridized carbons (Fsp3) is 0.450. The van der Waals surface area contributed by atoms with Gasteiger partial charge in [0, 0.05) is 23.5 Å². The summed E-state index contributed by atoms with van der Waals surface area (Å²) in [6.45, 7) is 5.51. The normalized spacial score (nSPS) is 16.2. The highest BCUT2D eigenvalue weighted by Crippen LogP contribution is 2.21. The highest BCUT2D eigenvalue weighted by atomic mass is 32.2. The Labute approximate surface area is 171 Å². The summed E-state index contributed by atoms with van der Waals surface area (Å²) in [6.07, 6.45) is 2.11. The van der Waals surface area contributed by atoms with E-state index in [9.17, 15) is 13.2 Å². The number of thiophene rings is 1. The van der Waals surface area contributed by atoms with Gasteiger partial charge in [0.05, 0.1) is 4.90 Å². The van der Waals surface area contributed by atoms with Crippen molar-refractivity contribution in [3.63, 3.8) is 0 Å². The van der Waals surface area contributed by atoms with Crippen LogP contribution < -0.4 is 10.0 Å². The summed E-state index contributed by atoms with van der Waals surface area (Å²) in [7, 11) is -2.21. The van der Waals surface area contributed by atoms with E-state index in [0.717, 1.165) is 38.0 Å². The molecule has 1 amide bonds. The van der Waals surface area contributed by atoms with Gasteiger partial charge >= 0.3 is 0 Å². The average molecular weight is 422 g/mol. The lowest BCUT2D eigenvalue weighted by atomic mass is 9.96. The molecule has 2 aromatic rings. The van der Waals surface area contributed by atoms with Gasteiger partial charge in [0.2, 0.25) is 10.0 Å². The Hall–Kier alpha value is -1.74. The SMILES string of the molecule is CNS(=O)(=O)c1ccc(C)c(C(=O)NCC2CCN(Cc3cccs3)CC2)c1. The first-order valence-electron chi connectivity index (χ1n) is 9.46. The first kappa shape index (κ1) is 21.0. The fourth-order valence-electron chi connectivity index (χ4n) is 3.43. The van der Waals surface area contributed by atoms with E-state index in [0.29, 0.717) is 18.0 Å². The lowest BCUT2D eigenvalue weighted by Gasteiger charge is -2.31. The molecule has 2 heterocycles. The molecular formula is C20H27N3O3S2. The van der Waals surface area contributed by atoms with Crippen LogP contribution in [0.4, 0.5) is 0 Å². The molecule has 0 atom stereocenters. The molecule has 152 valence electrons. The van der Waals surface area contributed by atoms with E-state index in [1.54, 1.807) is 17.4 Å². The summed E-state index contributed by atoms with van der Waals surface area (Å²) in [6, 6.07) is 8.88. The Morgan fingerprint density at radius 2 is 2.00 bits per heavy atom. The third-order valence-electron chi connectivity index (χ3n) is 5.25. The van der Waals surface area contributed by atoms with Crippen molar-refractivity contribution in [2.45, 2.75) is 31.2 Å². The van der Waals surface area contributed by atoms with Gasteiger partial charge in [-0.1, -0.05) is 12.1 Å². The van der Waals surface area contributed by atoms with Crippen molar-refractivity contribution in [1.82, 2.24) is 14.9 Å². The largest absolute Gasteiger partial charge is 0.352 e. The number of hydrogen-bond donors (Lipinski definition) is 2. The van der Waals surface area contributed by atoms with Crippen LogP contribution in [0.3, 0.4) is 0 Å². The lowest BCUT2D eigenvalue weighted by Crippen LogP contribution is -2.38. The molecule has 8 heteroatoms. The van der Waals surface area contributed by atoms with E-state index in [2.05, 4.69) is 32.5 Å². The fourth-order valence-corrected chi connectivity index (χ4v) is 4.94. The quantitative estimate of drug-likeness (QED) is 0.720. The second-order valence-corrected chi connectivity index (χ2v) is 10.1. The van der Waals surface area contributed by atoms with E-state index in [4.69, 9.17) is 0 Å². The molecule has 1 saturated heterocycles. The Morgan fingerprint density at radius 3 is 2.64 bits per heavy atom. The maximum atomic E-state index is 12.6.